The highest BCUT2D eigenvalue weighted by Crippen LogP contribution is 2.08. The van der Waals surface area contributed by atoms with Crippen molar-refractivity contribution in [3.63, 3.8) is 0 Å². The zero-order valence-corrected chi connectivity index (χ0v) is 10.7. The second-order valence-electron chi connectivity index (χ2n) is 4.65. The number of ether oxygens (including phenoxy) is 1. The smallest absolute Gasteiger partial charge is 0.231 e. The van der Waals surface area contributed by atoms with Crippen LogP contribution in [-0.4, -0.2) is 61.6 Å². The zero-order chi connectivity index (χ0) is 13.5. The monoisotopic (exact) mass is 258 g/mol. The Morgan fingerprint density at radius 3 is 2.44 bits per heavy atom. The molecule has 5 N–H and O–H groups in total. The molecule has 2 atom stereocenters. The van der Waals surface area contributed by atoms with Crippen molar-refractivity contribution in [1.82, 2.24) is 10.2 Å². The largest absolute Gasteiger partial charge is 0.379 e. The summed E-state index contributed by atoms with van der Waals surface area (Å²) < 4.78 is 5.36. The van der Waals surface area contributed by atoms with Gasteiger partial charge in [0.15, 0.2) is 0 Å². The van der Waals surface area contributed by atoms with E-state index in [1.165, 1.54) is 0 Å². The summed E-state index contributed by atoms with van der Waals surface area (Å²) in [6.45, 7) is 4.21. The molecule has 1 saturated heterocycles. The van der Waals surface area contributed by atoms with Gasteiger partial charge < -0.3 is 21.5 Å². The number of hydrogen-bond donors (Lipinski definition) is 3. The van der Waals surface area contributed by atoms with E-state index in [0.717, 1.165) is 19.6 Å². The molecule has 7 nitrogen and oxygen atoms in total. The number of carbonyl (C=O) groups is 2. The summed E-state index contributed by atoms with van der Waals surface area (Å²) in [7, 11) is 0. The molecule has 1 heterocycles. The molecule has 2 unspecified atom stereocenters. The van der Waals surface area contributed by atoms with Crippen LogP contribution in [0.25, 0.3) is 0 Å². The zero-order valence-electron chi connectivity index (χ0n) is 10.7. The molecule has 18 heavy (non-hydrogen) atoms. The molecule has 7 heteroatoms. The molecule has 1 rings (SSSR count). The van der Waals surface area contributed by atoms with Gasteiger partial charge in [-0.15, -0.1) is 0 Å². The highest BCUT2D eigenvalue weighted by Gasteiger charge is 2.22. The van der Waals surface area contributed by atoms with Gasteiger partial charge in [0, 0.05) is 18.6 Å². The Hall–Kier alpha value is -1.18. The lowest BCUT2D eigenvalue weighted by molar-refractivity contribution is -0.122. The van der Waals surface area contributed by atoms with E-state index in [9.17, 15) is 9.59 Å². The molecule has 0 bridgehead atoms. The van der Waals surface area contributed by atoms with Gasteiger partial charge in [-0.2, -0.15) is 0 Å². The summed E-state index contributed by atoms with van der Waals surface area (Å²) in [4.78, 5) is 23.6. The van der Waals surface area contributed by atoms with E-state index in [4.69, 9.17) is 16.2 Å². The molecular weight excluding hydrogens is 236 g/mol. The van der Waals surface area contributed by atoms with E-state index in [2.05, 4.69) is 5.32 Å². The maximum Gasteiger partial charge on any atom is 0.231 e. The van der Waals surface area contributed by atoms with Crippen molar-refractivity contribution in [3.8, 4) is 0 Å². The molecule has 0 spiro atoms. The summed E-state index contributed by atoms with van der Waals surface area (Å²) in [6.07, 6.45) is 0.778. The number of primary amides is 2. The van der Waals surface area contributed by atoms with Gasteiger partial charge in [-0.25, -0.2) is 0 Å². The third-order valence-corrected chi connectivity index (χ3v) is 2.97. The van der Waals surface area contributed by atoms with E-state index in [1.807, 2.05) is 6.92 Å². The molecule has 104 valence electrons. The minimum absolute atomic E-state index is 0.0317. The Bertz CT molecular complexity index is 276. The van der Waals surface area contributed by atoms with Crippen LogP contribution in [0.2, 0.25) is 0 Å². The number of rotatable bonds is 7. The fourth-order valence-electron chi connectivity index (χ4n) is 2.10. The Kier molecular flexibility index (Phi) is 6.03. The summed E-state index contributed by atoms with van der Waals surface area (Å²) in [5.41, 5.74) is 10.3. The highest BCUT2D eigenvalue weighted by atomic mass is 16.5. The fraction of sp³-hybridized carbons (Fsp3) is 0.818. The quantitative estimate of drug-likeness (QED) is 0.490. The van der Waals surface area contributed by atoms with Crippen LogP contribution in [0.5, 0.6) is 0 Å². The Morgan fingerprint density at radius 1 is 1.39 bits per heavy atom. The average molecular weight is 258 g/mol. The van der Waals surface area contributed by atoms with Gasteiger partial charge in [0.1, 0.15) is 0 Å². The third-order valence-electron chi connectivity index (χ3n) is 2.97. The normalized spacial score (nSPS) is 21.8. The summed E-state index contributed by atoms with van der Waals surface area (Å²) in [6, 6.07) is 0.265. The fourth-order valence-corrected chi connectivity index (χ4v) is 2.10. The molecule has 0 saturated carbocycles. The predicted octanol–water partition coefficient (Wildman–Crippen LogP) is -1.97. The molecule has 0 aromatic rings. The topological polar surface area (TPSA) is 111 Å². The SMILES string of the molecule is CC(CC1COCCN1)N(CC(N)=O)CC(N)=O. The molecule has 0 aromatic carbocycles. The summed E-state index contributed by atoms with van der Waals surface area (Å²) in [5, 5.41) is 3.33. The van der Waals surface area contributed by atoms with Crippen molar-refractivity contribution in [2.75, 3.05) is 32.8 Å². The van der Waals surface area contributed by atoms with Gasteiger partial charge in [0.2, 0.25) is 11.8 Å². The minimum atomic E-state index is -0.462. The summed E-state index contributed by atoms with van der Waals surface area (Å²) >= 11 is 0. The number of morpholine rings is 1. The van der Waals surface area contributed by atoms with Gasteiger partial charge in [-0.1, -0.05) is 0 Å². The number of amides is 2. The number of nitrogens with one attached hydrogen (secondary N) is 1. The number of nitrogens with zero attached hydrogens (tertiary/aromatic N) is 1. The van der Waals surface area contributed by atoms with Crippen LogP contribution in [0.15, 0.2) is 0 Å². The first-order valence-corrected chi connectivity index (χ1v) is 6.11. The third kappa shape index (κ3) is 5.44. The van der Waals surface area contributed by atoms with Gasteiger partial charge in [0.25, 0.3) is 0 Å². The number of nitrogens with two attached hydrogens (primary N) is 2. The van der Waals surface area contributed by atoms with Crippen molar-refractivity contribution >= 4 is 11.8 Å². The van der Waals surface area contributed by atoms with Crippen molar-refractivity contribution in [1.29, 1.82) is 0 Å². The molecule has 0 aromatic heterocycles. The minimum Gasteiger partial charge on any atom is -0.379 e. The van der Waals surface area contributed by atoms with Crippen LogP contribution >= 0.6 is 0 Å². The van der Waals surface area contributed by atoms with Crippen LogP contribution in [0.4, 0.5) is 0 Å². The Labute approximate surface area is 107 Å². The lowest BCUT2D eigenvalue weighted by Crippen LogP contribution is -2.49. The molecular formula is C11H22N4O3. The second-order valence-corrected chi connectivity index (χ2v) is 4.65. The number of carbonyl (C=O) groups excluding carboxylic acids is 2. The van der Waals surface area contributed by atoms with Gasteiger partial charge in [-0.3, -0.25) is 14.5 Å². The van der Waals surface area contributed by atoms with E-state index >= 15 is 0 Å². The van der Waals surface area contributed by atoms with Crippen LogP contribution < -0.4 is 16.8 Å². The van der Waals surface area contributed by atoms with E-state index < -0.39 is 11.8 Å². The van der Waals surface area contributed by atoms with E-state index in [0.29, 0.717) is 6.61 Å². The van der Waals surface area contributed by atoms with Crippen LogP contribution in [0, 0.1) is 0 Å². The van der Waals surface area contributed by atoms with Crippen LogP contribution in [0.1, 0.15) is 13.3 Å². The molecule has 1 fully saturated rings. The average Bonchev–Trinajstić information content (AvgIpc) is 2.28. The van der Waals surface area contributed by atoms with Crippen molar-refractivity contribution < 1.29 is 14.3 Å². The first-order valence-electron chi connectivity index (χ1n) is 6.11. The molecule has 1 aliphatic heterocycles. The highest BCUT2D eigenvalue weighted by molar-refractivity contribution is 5.79. The molecule has 1 aliphatic rings. The standard InChI is InChI=1S/C11H22N4O3/c1-8(4-9-7-18-3-2-14-9)15(5-10(12)16)6-11(13)17/h8-9,14H,2-7H2,1H3,(H2,12,16)(H2,13,17). The predicted molar refractivity (Wildman–Crippen MR) is 66.7 cm³/mol. The van der Waals surface area contributed by atoms with Crippen molar-refractivity contribution in [2.24, 2.45) is 11.5 Å². The van der Waals surface area contributed by atoms with Crippen molar-refractivity contribution in [3.05, 3.63) is 0 Å². The molecule has 2 amide bonds. The molecule has 0 aliphatic carbocycles. The lowest BCUT2D eigenvalue weighted by Gasteiger charge is -2.32. The van der Waals surface area contributed by atoms with Crippen molar-refractivity contribution in [2.45, 2.75) is 25.4 Å². The lowest BCUT2D eigenvalue weighted by atomic mass is 10.1. The maximum absolute atomic E-state index is 11.0. The van der Waals surface area contributed by atoms with E-state index in [-0.39, 0.29) is 25.2 Å². The number of hydrogen-bond acceptors (Lipinski definition) is 5. The van der Waals surface area contributed by atoms with Gasteiger partial charge >= 0.3 is 0 Å². The first kappa shape index (κ1) is 14.9. The second kappa shape index (κ2) is 7.30. The van der Waals surface area contributed by atoms with E-state index in [1.54, 1.807) is 4.90 Å². The van der Waals surface area contributed by atoms with Crippen LogP contribution in [0.3, 0.4) is 0 Å². The Balaban J connectivity index is 2.48. The summed E-state index contributed by atoms with van der Waals surface area (Å²) in [5.74, 6) is -0.924. The Morgan fingerprint density at radius 2 is 2.00 bits per heavy atom. The first-order chi connectivity index (χ1) is 8.49. The molecule has 0 radical (unpaired) electrons. The van der Waals surface area contributed by atoms with Gasteiger partial charge in [0.05, 0.1) is 26.3 Å². The van der Waals surface area contributed by atoms with Gasteiger partial charge in [-0.05, 0) is 13.3 Å². The van der Waals surface area contributed by atoms with Crippen LogP contribution in [-0.2, 0) is 14.3 Å². The maximum atomic E-state index is 11.0.